The number of nitrogens with zero attached hydrogens (tertiary/aromatic N) is 1. The van der Waals surface area contributed by atoms with Crippen LogP contribution in [0.25, 0.3) is 0 Å². The maximum Gasteiger partial charge on any atom is 0.191 e. The molecule has 1 aromatic rings. The quantitative estimate of drug-likeness (QED) is 0.305. The highest BCUT2D eigenvalue weighted by Gasteiger charge is 2.01. The summed E-state index contributed by atoms with van der Waals surface area (Å²) in [7, 11) is 0. The predicted octanol–water partition coefficient (Wildman–Crippen LogP) is 3.21. The summed E-state index contributed by atoms with van der Waals surface area (Å²) in [5.74, 6) is 1.70. The number of nitrogens with one attached hydrogen (secondary N) is 2. The standard InChI is InChI=1S/C15H24FN3S.HI/c1-4-17-15(19-9-10-20-3)18-8-7-13-5-6-14(16)11-12(13)2;/h5-6,11H,4,7-10H2,1-3H3,(H2,17,18,19);1H. The van der Waals surface area contributed by atoms with Crippen LogP contribution < -0.4 is 10.6 Å². The van der Waals surface area contributed by atoms with Gasteiger partial charge in [-0.1, -0.05) is 6.07 Å². The lowest BCUT2D eigenvalue weighted by Crippen LogP contribution is -2.38. The van der Waals surface area contributed by atoms with Gasteiger partial charge in [-0.3, -0.25) is 4.99 Å². The van der Waals surface area contributed by atoms with Crippen molar-refractivity contribution in [2.24, 2.45) is 4.99 Å². The van der Waals surface area contributed by atoms with E-state index in [0.29, 0.717) is 0 Å². The lowest BCUT2D eigenvalue weighted by molar-refractivity contribution is 0.625. The molecule has 1 aromatic carbocycles. The lowest BCUT2D eigenvalue weighted by atomic mass is 10.1. The summed E-state index contributed by atoms with van der Waals surface area (Å²) in [5.41, 5.74) is 2.16. The molecular weight excluding hydrogens is 400 g/mol. The molecule has 0 aliphatic rings. The number of aliphatic imine (C=N–C) groups is 1. The van der Waals surface area contributed by atoms with Crippen molar-refractivity contribution in [2.75, 3.05) is 31.6 Å². The third-order valence-electron chi connectivity index (χ3n) is 2.90. The Balaban J connectivity index is 0.00000400. The number of benzene rings is 1. The van der Waals surface area contributed by atoms with E-state index >= 15 is 0 Å². The first-order chi connectivity index (χ1) is 9.67. The Hall–Kier alpha value is -0.500. The molecule has 0 saturated heterocycles. The zero-order valence-electron chi connectivity index (χ0n) is 12.9. The number of thioether (sulfide) groups is 1. The summed E-state index contributed by atoms with van der Waals surface area (Å²) in [6, 6.07) is 4.94. The zero-order valence-corrected chi connectivity index (χ0v) is 16.1. The minimum atomic E-state index is -0.175. The molecule has 0 heterocycles. The SMILES string of the molecule is CCNC(=NCCSC)NCCc1ccc(F)cc1C.I. The Kier molecular flexibility index (Phi) is 11.8. The van der Waals surface area contributed by atoms with Crippen molar-refractivity contribution < 1.29 is 4.39 Å². The molecule has 120 valence electrons. The molecular formula is C15H25FIN3S. The second-order valence-corrected chi connectivity index (χ2v) is 5.49. The van der Waals surface area contributed by atoms with Gasteiger partial charge < -0.3 is 10.6 Å². The van der Waals surface area contributed by atoms with Crippen molar-refractivity contribution in [3.63, 3.8) is 0 Å². The molecule has 0 fully saturated rings. The van der Waals surface area contributed by atoms with Crippen LogP contribution in [-0.4, -0.2) is 37.6 Å². The first-order valence-electron chi connectivity index (χ1n) is 6.93. The second kappa shape index (κ2) is 12.1. The minimum absolute atomic E-state index is 0. The Morgan fingerprint density at radius 1 is 1.33 bits per heavy atom. The lowest BCUT2D eigenvalue weighted by Gasteiger charge is -2.12. The van der Waals surface area contributed by atoms with Crippen LogP contribution in [0.3, 0.4) is 0 Å². The van der Waals surface area contributed by atoms with Crippen molar-refractivity contribution in [1.82, 2.24) is 10.6 Å². The van der Waals surface area contributed by atoms with E-state index in [1.807, 2.05) is 13.0 Å². The van der Waals surface area contributed by atoms with Gasteiger partial charge >= 0.3 is 0 Å². The third-order valence-corrected chi connectivity index (χ3v) is 3.49. The van der Waals surface area contributed by atoms with Gasteiger partial charge in [-0.25, -0.2) is 4.39 Å². The molecule has 0 aliphatic heterocycles. The van der Waals surface area contributed by atoms with Crippen LogP contribution in [0, 0.1) is 12.7 Å². The van der Waals surface area contributed by atoms with Gasteiger partial charge in [0, 0.05) is 18.8 Å². The number of guanidine groups is 1. The third kappa shape index (κ3) is 8.50. The number of aryl methyl sites for hydroxylation is 1. The Bertz CT molecular complexity index is 441. The summed E-state index contributed by atoms with van der Waals surface area (Å²) < 4.78 is 13.0. The average molecular weight is 425 g/mol. The first-order valence-corrected chi connectivity index (χ1v) is 8.33. The van der Waals surface area contributed by atoms with Gasteiger partial charge in [-0.2, -0.15) is 11.8 Å². The van der Waals surface area contributed by atoms with E-state index in [1.165, 1.54) is 11.6 Å². The number of rotatable bonds is 7. The molecule has 0 unspecified atom stereocenters. The molecule has 0 amide bonds. The molecule has 21 heavy (non-hydrogen) atoms. The van der Waals surface area contributed by atoms with Crippen molar-refractivity contribution in [2.45, 2.75) is 20.3 Å². The molecule has 0 aromatic heterocycles. The van der Waals surface area contributed by atoms with Crippen LogP contribution in [0.5, 0.6) is 0 Å². The van der Waals surface area contributed by atoms with Gasteiger partial charge in [-0.15, -0.1) is 24.0 Å². The Morgan fingerprint density at radius 2 is 2.10 bits per heavy atom. The van der Waals surface area contributed by atoms with Crippen molar-refractivity contribution >= 4 is 41.7 Å². The van der Waals surface area contributed by atoms with Crippen LogP contribution in [0.4, 0.5) is 4.39 Å². The molecule has 0 radical (unpaired) electrons. The van der Waals surface area contributed by atoms with Gasteiger partial charge in [0.1, 0.15) is 5.82 Å². The summed E-state index contributed by atoms with van der Waals surface area (Å²) >= 11 is 1.79. The van der Waals surface area contributed by atoms with E-state index in [-0.39, 0.29) is 29.8 Å². The Labute approximate surface area is 148 Å². The van der Waals surface area contributed by atoms with E-state index in [0.717, 1.165) is 43.3 Å². The highest BCUT2D eigenvalue weighted by Crippen LogP contribution is 2.10. The summed E-state index contributed by atoms with van der Waals surface area (Å²) in [6.45, 7) is 6.44. The second-order valence-electron chi connectivity index (χ2n) is 4.50. The number of hydrogen-bond acceptors (Lipinski definition) is 2. The van der Waals surface area contributed by atoms with Gasteiger partial charge in [-0.05, 0) is 49.8 Å². The van der Waals surface area contributed by atoms with Crippen LogP contribution >= 0.6 is 35.7 Å². The normalized spacial score (nSPS) is 11.0. The van der Waals surface area contributed by atoms with Gasteiger partial charge in [0.25, 0.3) is 0 Å². The van der Waals surface area contributed by atoms with Crippen LogP contribution in [-0.2, 0) is 6.42 Å². The zero-order chi connectivity index (χ0) is 14.8. The van der Waals surface area contributed by atoms with Crippen LogP contribution in [0.1, 0.15) is 18.1 Å². The summed E-state index contributed by atoms with van der Waals surface area (Å²) in [5, 5.41) is 6.53. The fourth-order valence-electron chi connectivity index (χ4n) is 1.85. The monoisotopic (exact) mass is 425 g/mol. The number of hydrogen-bond donors (Lipinski definition) is 2. The highest BCUT2D eigenvalue weighted by molar-refractivity contribution is 14.0. The van der Waals surface area contributed by atoms with Crippen molar-refractivity contribution in [3.8, 4) is 0 Å². The molecule has 6 heteroatoms. The average Bonchev–Trinajstić information content (AvgIpc) is 2.41. The maximum absolute atomic E-state index is 13.0. The highest BCUT2D eigenvalue weighted by atomic mass is 127. The van der Waals surface area contributed by atoms with E-state index in [9.17, 15) is 4.39 Å². The molecule has 0 bridgehead atoms. The predicted molar refractivity (Wildman–Crippen MR) is 103 cm³/mol. The molecule has 0 atom stereocenters. The van der Waals surface area contributed by atoms with E-state index in [2.05, 4.69) is 28.8 Å². The molecule has 1 rings (SSSR count). The van der Waals surface area contributed by atoms with E-state index < -0.39 is 0 Å². The smallest absolute Gasteiger partial charge is 0.191 e. The van der Waals surface area contributed by atoms with Gasteiger partial charge in [0.2, 0.25) is 0 Å². The molecule has 2 N–H and O–H groups in total. The van der Waals surface area contributed by atoms with E-state index in [1.54, 1.807) is 17.8 Å². The Morgan fingerprint density at radius 3 is 2.71 bits per heavy atom. The summed E-state index contributed by atoms with van der Waals surface area (Å²) in [4.78, 5) is 4.48. The van der Waals surface area contributed by atoms with Crippen molar-refractivity contribution in [3.05, 3.63) is 35.1 Å². The summed E-state index contributed by atoms with van der Waals surface area (Å²) in [6.07, 6.45) is 2.94. The number of halogens is 2. The largest absolute Gasteiger partial charge is 0.357 e. The fraction of sp³-hybridized carbons (Fsp3) is 0.533. The van der Waals surface area contributed by atoms with Crippen molar-refractivity contribution in [1.29, 1.82) is 0 Å². The van der Waals surface area contributed by atoms with E-state index in [4.69, 9.17) is 0 Å². The fourth-order valence-corrected chi connectivity index (χ4v) is 2.12. The molecule has 0 saturated carbocycles. The molecule has 3 nitrogen and oxygen atoms in total. The van der Waals surface area contributed by atoms with Gasteiger partial charge in [0.15, 0.2) is 5.96 Å². The van der Waals surface area contributed by atoms with Crippen LogP contribution in [0.15, 0.2) is 23.2 Å². The minimum Gasteiger partial charge on any atom is -0.357 e. The molecule has 0 spiro atoms. The van der Waals surface area contributed by atoms with Gasteiger partial charge in [0.05, 0.1) is 6.54 Å². The maximum atomic E-state index is 13.0. The first kappa shape index (κ1) is 20.5. The topological polar surface area (TPSA) is 36.4 Å². The molecule has 0 aliphatic carbocycles. The van der Waals surface area contributed by atoms with Crippen LogP contribution in [0.2, 0.25) is 0 Å².